The normalized spacial score (nSPS) is 13.2. The number of hydrogen-bond donors (Lipinski definition) is 1. The fraction of sp³-hybridized carbons (Fsp3) is 0.700. The molecule has 3 nitrogen and oxygen atoms in total. The average Bonchev–Trinajstić information content (AvgIpc) is 2.41. The van der Waals surface area contributed by atoms with E-state index >= 15 is 0 Å². The second kappa shape index (κ2) is 4.42. The smallest absolute Gasteiger partial charge is 0.0596 e. The second-order valence-electron chi connectivity index (χ2n) is 3.63. The molecule has 0 spiro atoms. The van der Waals surface area contributed by atoms with Crippen LogP contribution >= 0.6 is 0 Å². The van der Waals surface area contributed by atoms with Gasteiger partial charge in [-0.15, -0.1) is 0 Å². The van der Waals surface area contributed by atoms with E-state index in [-0.39, 0.29) is 0 Å². The number of nitrogens with zero attached hydrogens (tertiary/aromatic N) is 2. The Kier molecular flexibility index (Phi) is 3.48. The first kappa shape index (κ1) is 10.3. The number of rotatable bonds is 4. The third-order valence-corrected chi connectivity index (χ3v) is 2.37. The minimum Gasteiger partial charge on any atom is -0.317 e. The molecule has 1 atom stereocenters. The van der Waals surface area contributed by atoms with Gasteiger partial charge in [-0.25, -0.2) is 0 Å². The van der Waals surface area contributed by atoms with Crippen LogP contribution in [0.3, 0.4) is 0 Å². The molecule has 0 saturated carbocycles. The Morgan fingerprint density at radius 1 is 1.54 bits per heavy atom. The molecule has 0 aromatic carbocycles. The van der Waals surface area contributed by atoms with Crippen LogP contribution in [0.4, 0.5) is 0 Å². The quantitative estimate of drug-likeness (QED) is 0.763. The van der Waals surface area contributed by atoms with Crippen molar-refractivity contribution in [3.8, 4) is 0 Å². The highest BCUT2D eigenvalue weighted by Crippen LogP contribution is 2.03. The predicted octanol–water partition coefficient (Wildman–Crippen LogP) is 1.50. The molecular weight excluding hydrogens is 162 g/mol. The molecule has 0 aliphatic carbocycles. The lowest BCUT2D eigenvalue weighted by atomic mass is 10.2. The molecule has 0 radical (unpaired) electrons. The Hall–Kier alpha value is -0.830. The highest BCUT2D eigenvalue weighted by Gasteiger charge is 2.02. The van der Waals surface area contributed by atoms with Crippen LogP contribution in [0.1, 0.15) is 24.7 Å². The Bertz CT molecular complexity index is 265. The summed E-state index contributed by atoms with van der Waals surface area (Å²) < 4.78 is 2.07. The highest BCUT2D eigenvalue weighted by atomic mass is 15.3. The van der Waals surface area contributed by atoms with Crippen LogP contribution < -0.4 is 5.32 Å². The van der Waals surface area contributed by atoms with Gasteiger partial charge in [-0.1, -0.05) is 0 Å². The van der Waals surface area contributed by atoms with Gasteiger partial charge in [0.05, 0.1) is 5.69 Å². The Morgan fingerprint density at radius 2 is 2.23 bits per heavy atom. The number of aromatic nitrogens is 2. The van der Waals surface area contributed by atoms with Crippen molar-refractivity contribution in [3.05, 3.63) is 17.5 Å². The predicted molar refractivity (Wildman–Crippen MR) is 54.8 cm³/mol. The van der Waals surface area contributed by atoms with Gasteiger partial charge in [0, 0.05) is 18.3 Å². The van der Waals surface area contributed by atoms with E-state index in [2.05, 4.69) is 35.0 Å². The van der Waals surface area contributed by atoms with Crippen LogP contribution in [0.5, 0.6) is 0 Å². The molecule has 0 saturated heterocycles. The summed E-state index contributed by atoms with van der Waals surface area (Å²) in [5, 5.41) is 7.63. The summed E-state index contributed by atoms with van der Waals surface area (Å²) >= 11 is 0. The molecule has 1 unspecified atom stereocenters. The van der Waals surface area contributed by atoms with Crippen molar-refractivity contribution in [2.75, 3.05) is 7.05 Å². The van der Waals surface area contributed by atoms with Crippen LogP contribution in [-0.2, 0) is 6.54 Å². The van der Waals surface area contributed by atoms with Gasteiger partial charge in [0.2, 0.25) is 0 Å². The van der Waals surface area contributed by atoms with E-state index in [0.717, 1.165) is 18.7 Å². The minimum absolute atomic E-state index is 0.559. The van der Waals surface area contributed by atoms with E-state index in [1.807, 2.05) is 14.0 Å². The van der Waals surface area contributed by atoms with Gasteiger partial charge in [0.15, 0.2) is 0 Å². The van der Waals surface area contributed by atoms with E-state index in [9.17, 15) is 0 Å². The average molecular weight is 181 g/mol. The first-order valence-corrected chi connectivity index (χ1v) is 4.82. The van der Waals surface area contributed by atoms with Crippen LogP contribution in [-0.4, -0.2) is 22.9 Å². The topological polar surface area (TPSA) is 29.9 Å². The lowest BCUT2D eigenvalue weighted by molar-refractivity contribution is 0.478. The summed E-state index contributed by atoms with van der Waals surface area (Å²) in [4.78, 5) is 0. The van der Waals surface area contributed by atoms with Crippen molar-refractivity contribution in [3.63, 3.8) is 0 Å². The van der Waals surface area contributed by atoms with Crippen LogP contribution in [0.15, 0.2) is 6.07 Å². The fourth-order valence-corrected chi connectivity index (χ4v) is 1.36. The first-order valence-electron chi connectivity index (χ1n) is 4.82. The molecule has 0 fully saturated rings. The molecule has 3 heteroatoms. The Balaban J connectivity index is 2.49. The van der Waals surface area contributed by atoms with Gasteiger partial charge in [-0.05, 0) is 40.3 Å². The van der Waals surface area contributed by atoms with E-state index < -0.39 is 0 Å². The van der Waals surface area contributed by atoms with Crippen molar-refractivity contribution in [2.45, 2.75) is 39.8 Å². The maximum absolute atomic E-state index is 4.41. The van der Waals surface area contributed by atoms with Gasteiger partial charge in [0.1, 0.15) is 0 Å². The minimum atomic E-state index is 0.559. The van der Waals surface area contributed by atoms with Crippen molar-refractivity contribution >= 4 is 0 Å². The van der Waals surface area contributed by atoms with E-state index in [1.165, 1.54) is 5.69 Å². The number of hydrogen-bond acceptors (Lipinski definition) is 2. The van der Waals surface area contributed by atoms with Crippen LogP contribution in [0.2, 0.25) is 0 Å². The molecule has 1 aromatic rings. The second-order valence-corrected chi connectivity index (χ2v) is 3.63. The summed E-state index contributed by atoms with van der Waals surface area (Å²) in [5.74, 6) is 0. The lowest BCUT2D eigenvalue weighted by Crippen LogP contribution is -2.23. The van der Waals surface area contributed by atoms with E-state index in [0.29, 0.717) is 6.04 Å². The van der Waals surface area contributed by atoms with Gasteiger partial charge >= 0.3 is 0 Å². The summed E-state index contributed by atoms with van der Waals surface area (Å²) in [5.41, 5.74) is 2.36. The SMILES string of the molecule is CNC(C)CCn1nc(C)cc1C. The summed E-state index contributed by atoms with van der Waals surface area (Å²) in [6.45, 7) is 7.32. The molecule has 13 heavy (non-hydrogen) atoms. The molecule has 74 valence electrons. The third-order valence-electron chi connectivity index (χ3n) is 2.37. The summed E-state index contributed by atoms with van der Waals surface area (Å²) in [6, 6.07) is 2.67. The van der Waals surface area contributed by atoms with Crippen molar-refractivity contribution < 1.29 is 0 Å². The molecule has 0 amide bonds. The van der Waals surface area contributed by atoms with Gasteiger partial charge < -0.3 is 5.32 Å². The standard InChI is InChI=1S/C10H19N3/c1-8(11-4)5-6-13-10(3)7-9(2)12-13/h7-8,11H,5-6H2,1-4H3. The zero-order chi connectivity index (χ0) is 9.84. The lowest BCUT2D eigenvalue weighted by Gasteiger charge is -2.10. The highest BCUT2D eigenvalue weighted by molar-refractivity contribution is 5.06. The molecule has 0 bridgehead atoms. The van der Waals surface area contributed by atoms with Gasteiger partial charge in [-0.2, -0.15) is 5.10 Å². The van der Waals surface area contributed by atoms with Crippen molar-refractivity contribution in [2.24, 2.45) is 0 Å². The first-order chi connectivity index (χ1) is 6.13. The number of nitrogens with one attached hydrogen (secondary N) is 1. The maximum Gasteiger partial charge on any atom is 0.0596 e. The maximum atomic E-state index is 4.41. The number of aryl methyl sites for hydroxylation is 3. The Labute approximate surface area is 80.1 Å². The molecule has 1 heterocycles. The molecule has 1 aromatic heterocycles. The summed E-state index contributed by atoms with van der Waals surface area (Å²) in [7, 11) is 1.99. The molecule has 0 aliphatic heterocycles. The molecule has 0 aliphatic rings. The van der Waals surface area contributed by atoms with Gasteiger partial charge in [0.25, 0.3) is 0 Å². The van der Waals surface area contributed by atoms with Crippen molar-refractivity contribution in [1.29, 1.82) is 0 Å². The van der Waals surface area contributed by atoms with Crippen LogP contribution in [0, 0.1) is 13.8 Å². The van der Waals surface area contributed by atoms with E-state index in [1.54, 1.807) is 0 Å². The van der Waals surface area contributed by atoms with Crippen LogP contribution in [0.25, 0.3) is 0 Å². The molecule has 1 rings (SSSR count). The van der Waals surface area contributed by atoms with Crippen molar-refractivity contribution in [1.82, 2.24) is 15.1 Å². The van der Waals surface area contributed by atoms with Gasteiger partial charge in [-0.3, -0.25) is 4.68 Å². The fourth-order valence-electron chi connectivity index (χ4n) is 1.36. The Morgan fingerprint density at radius 3 is 2.69 bits per heavy atom. The monoisotopic (exact) mass is 181 g/mol. The zero-order valence-electron chi connectivity index (χ0n) is 8.96. The summed E-state index contributed by atoms with van der Waals surface area (Å²) in [6.07, 6.45) is 1.12. The third kappa shape index (κ3) is 2.84. The largest absolute Gasteiger partial charge is 0.317 e. The molecule has 1 N–H and O–H groups in total. The van der Waals surface area contributed by atoms with E-state index in [4.69, 9.17) is 0 Å². The molecular formula is C10H19N3. The zero-order valence-corrected chi connectivity index (χ0v) is 8.96.